The van der Waals surface area contributed by atoms with E-state index in [1.165, 1.54) is 28.4 Å². The van der Waals surface area contributed by atoms with Crippen LogP contribution in [0, 0.1) is 0 Å². The van der Waals surface area contributed by atoms with Crippen LogP contribution in [0.3, 0.4) is 0 Å². The number of benzene rings is 2. The molecule has 6 heteroatoms. The van der Waals surface area contributed by atoms with E-state index in [9.17, 15) is 9.59 Å². The van der Waals surface area contributed by atoms with E-state index in [0.29, 0.717) is 57.8 Å². The third-order valence-corrected chi connectivity index (χ3v) is 3.66. The number of carbonyl (C=O) groups is 2. The molecule has 0 fully saturated rings. The molecule has 0 aliphatic rings. The van der Waals surface area contributed by atoms with Crippen molar-refractivity contribution in [1.82, 2.24) is 0 Å². The van der Waals surface area contributed by atoms with E-state index in [1.807, 2.05) is 0 Å². The summed E-state index contributed by atoms with van der Waals surface area (Å²) in [5, 5.41) is 0. The first-order valence-corrected chi connectivity index (χ1v) is 7.07. The Balaban J connectivity index is 2.99. The Morgan fingerprint density at radius 2 is 1.00 bits per heavy atom. The van der Waals surface area contributed by atoms with Crippen molar-refractivity contribution in [1.29, 1.82) is 0 Å². The first-order chi connectivity index (χ1) is 11.7. The average molecular weight is 330 g/mol. The van der Waals surface area contributed by atoms with Crippen molar-refractivity contribution < 1.29 is 28.5 Å². The van der Waals surface area contributed by atoms with Crippen molar-refractivity contribution in [2.24, 2.45) is 0 Å². The summed E-state index contributed by atoms with van der Waals surface area (Å²) in [6.45, 7) is 0. The number of rotatable bonds is 7. The molecule has 0 saturated heterocycles. The van der Waals surface area contributed by atoms with E-state index in [2.05, 4.69) is 0 Å². The van der Waals surface area contributed by atoms with Crippen LogP contribution in [0.15, 0.2) is 24.3 Å². The summed E-state index contributed by atoms with van der Waals surface area (Å²) in [6.07, 6.45) is 1.37. The Morgan fingerprint density at radius 3 is 1.25 bits per heavy atom. The summed E-state index contributed by atoms with van der Waals surface area (Å²) in [4.78, 5) is 23.1. The topological polar surface area (TPSA) is 71.1 Å². The van der Waals surface area contributed by atoms with Gasteiger partial charge in [0.15, 0.2) is 35.6 Å². The maximum atomic E-state index is 11.6. The van der Waals surface area contributed by atoms with Crippen molar-refractivity contribution in [3.8, 4) is 34.1 Å². The van der Waals surface area contributed by atoms with Crippen LogP contribution in [0.5, 0.6) is 23.0 Å². The number of carbonyl (C=O) groups excluding carboxylic acids is 2. The molecule has 0 saturated carbocycles. The van der Waals surface area contributed by atoms with Gasteiger partial charge in [0.2, 0.25) is 0 Å². The number of aldehydes is 2. The molecule has 0 unspecified atom stereocenters. The maximum Gasteiger partial charge on any atom is 0.169 e. The Labute approximate surface area is 139 Å². The van der Waals surface area contributed by atoms with Crippen LogP contribution in [0.1, 0.15) is 20.7 Å². The summed E-state index contributed by atoms with van der Waals surface area (Å²) >= 11 is 0. The van der Waals surface area contributed by atoms with Gasteiger partial charge in [-0.1, -0.05) is 0 Å². The molecule has 0 aliphatic heterocycles. The zero-order chi connectivity index (χ0) is 17.7. The number of ether oxygens (including phenoxy) is 4. The molecule has 0 heterocycles. The highest BCUT2D eigenvalue weighted by atomic mass is 16.5. The summed E-state index contributed by atoms with van der Waals surface area (Å²) < 4.78 is 21.5. The van der Waals surface area contributed by atoms with Crippen molar-refractivity contribution >= 4 is 12.6 Å². The van der Waals surface area contributed by atoms with Crippen LogP contribution in [0.4, 0.5) is 0 Å². The van der Waals surface area contributed by atoms with Crippen LogP contribution in [0.2, 0.25) is 0 Å². The van der Waals surface area contributed by atoms with Gasteiger partial charge in [-0.2, -0.15) is 0 Å². The lowest BCUT2D eigenvalue weighted by Crippen LogP contribution is -2.02. The molecule has 6 nitrogen and oxygen atoms in total. The molecule has 0 aliphatic carbocycles. The van der Waals surface area contributed by atoms with Crippen molar-refractivity contribution in [3.63, 3.8) is 0 Å². The van der Waals surface area contributed by atoms with Crippen LogP contribution >= 0.6 is 0 Å². The largest absolute Gasteiger partial charge is 0.493 e. The molecule has 0 aromatic heterocycles. The lowest BCUT2D eigenvalue weighted by atomic mass is 9.93. The minimum Gasteiger partial charge on any atom is -0.493 e. The molecule has 24 heavy (non-hydrogen) atoms. The molecular formula is C18H18O6. The summed E-state index contributed by atoms with van der Waals surface area (Å²) in [6, 6.07) is 6.44. The SMILES string of the molecule is COc1ccc(C=O)c(-c2c(C=O)ccc(OC)c2OC)c1OC. The van der Waals surface area contributed by atoms with Crippen molar-refractivity contribution in [3.05, 3.63) is 35.4 Å². The number of methoxy groups -OCH3 is 4. The van der Waals surface area contributed by atoms with Gasteiger partial charge in [-0.25, -0.2) is 0 Å². The van der Waals surface area contributed by atoms with E-state index in [0.717, 1.165) is 0 Å². The predicted octanol–water partition coefficient (Wildman–Crippen LogP) is 3.01. The molecular weight excluding hydrogens is 312 g/mol. The van der Waals surface area contributed by atoms with Gasteiger partial charge in [0.25, 0.3) is 0 Å². The Morgan fingerprint density at radius 1 is 0.625 bits per heavy atom. The van der Waals surface area contributed by atoms with Gasteiger partial charge < -0.3 is 18.9 Å². The van der Waals surface area contributed by atoms with Gasteiger partial charge in [0.05, 0.1) is 28.4 Å². The van der Waals surface area contributed by atoms with Crippen LogP contribution in [0.25, 0.3) is 11.1 Å². The van der Waals surface area contributed by atoms with Crippen LogP contribution in [-0.4, -0.2) is 41.0 Å². The first-order valence-electron chi connectivity index (χ1n) is 7.07. The van der Waals surface area contributed by atoms with Crippen LogP contribution in [-0.2, 0) is 0 Å². The second-order valence-corrected chi connectivity index (χ2v) is 4.77. The molecule has 2 aromatic rings. The third-order valence-electron chi connectivity index (χ3n) is 3.66. The van der Waals surface area contributed by atoms with E-state index in [1.54, 1.807) is 24.3 Å². The molecule has 0 atom stereocenters. The maximum absolute atomic E-state index is 11.6. The predicted molar refractivity (Wildman–Crippen MR) is 88.9 cm³/mol. The third kappa shape index (κ3) is 2.78. The molecule has 0 spiro atoms. The van der Waals surface area contributed by atoms with Crippen molar-refractivity contribution in [2.45, 2.75) is 0 Å². The monoisotopic (exact) mass is 330 g/mol. The molecule has 126 valence electrons. The summed E-state index contributed by atoms with van der Waals surface area (Å²) in [5.41, 5.74) is 1.49. The Bertz CT molecular complexity index is 701. The Kier molecular flexibility index (Phi) is 5.42. The minimum atomic E-state index is 0.330. The van der Waals surface area contributed by atoms with E-state index in [4.69, 9.17) is 18.9 Å². The molecule has 0 bridgehead atoms. The fourth-order valence-corrected chi connectivity index (χ4v) is 2.60. The highest BCUT2D eigenvalue weighted by Crippen LogP contribution is 2.47. The average Bonchev–Trinajstić information content (AvgIpc) is 2.64. The second-order valence-electron chi connectivity index (χ2n) is 4.77. The molecule has 2 aromatic carbocycles. The smallest absolute Gasteiger partial charge is 0.169 e. The van der Waals surface area contributed by atoms with Gasteiger partial charge in [-0.05, 0) is 24.3 Å². The van der Waals surface area contributed by atoms with Gasteiger partial charge >= 0.3 is 0 Å². The highest BCUT2D eigenvalue weighted by Gasteiger charge is 2.24. The molecule has 0 amide bonds. The zero-order valence-electron chi connectivity index (χ0n) is 13.9. The minimum absolute atomic E-state index is 0.330. The van der Waals surface area contributed by atoms with Gasteiger partial charge in [-0.15, -0.1) is 0 Å². The summed E-state index contributed by atoms with van der Waals surface area (Å²) in [5.74, 6) is 1.52. The van der Waals surface area contributed by atoms with E-state index < -0.39 is 0 Å². The van der Waals surface area contributed by atoms with Crippen LogP contribution < -0.4 is 18.9 Å². The number of hydrogen-bond donors (Lipinski definition) is 0. The standard InChI is InChI=1S/C18H18O6/c1-21-13-7-5-11(9-19)15(17(13)23-3)16-12(10-20)6-8-14(22-2)18(16)24-4/h5-10H,1-4H3. The molecule has 0 radical (unpaired) electrons. The molecule has 2 rings (SSSR count). The van der Waals surface area contributed by atoms with E-state index >= 15 is 0 Å². The Hall–Kier alpha value is -3.02. The van der Waals surface area contributed by atoms with Gasteiger partial charge in [-0.3, -0.25) is 9.59 Å². The zero-order valence-corrected chi connectivity index (χ0v) is 13.9. The van der Waals surface area contributed by atoms with Gasteiger partial charge in [0.1, 0.15) is 0 Å². The normalized spacial score (nSPS) is 10.0. The van der Waals surface area contributed by atoms with Gasteiger partial charge in [0, 0.05) is 22.3 Å². The second kappa shape index (κ2) is 7.50. The fourth-order valence-electron chi connectivity index (χ4n) is 2.60. The van der Waals surface area contributed by atoms with E-state index in [-0.39, 0.29) is 0 Å². The lowest BCUT2D eigenvalue weighted by Gasteiger charge is -2.19. The summed E-state index contributed by atoms with van der Waals surface area (Å²) in [7, 11) is 5.91. The number of hydrogen-bond acceptors (Lipinski definition) is 6. The lowest BCUT2D eigenvalue weighted by molar-refractivity contribution is 0.111. The first kappa shape index (κ1) is 17.3. The fraction of sp³-hybridized carbons (Fsp3) is 0.222. The molecule has 0 N–H and O–H groups in total. The highest BCUT2D eigenvalue weighted by molar-refractivity contribution is 6.00. The quantitative estimate of drug-likeness (QED) is 0.727. The van der Waals surface area contributed by atoms with Crippen molar-refractivity contribution in [2.75, 3.05) is 28.4 Å².